The first-order valence-electron chi connectivity index (χ1n) is 7.45. The zero-order valence-corrected chi connectivity index (χ0v) is 17.5. The first kappa shape index (κ1) is 19.9. The Balaban J connectivity index is 0.00000225. The summed E-state index contributed by atoms with van der Waals surface area (Å²) >= 11 is 3.35. The van der Waals surface area contributed by atoms with E-state index in [1.807, 2.05) is 12.1 Å². The molecule has 25 heavy (non-hydrogen) atoms. The molecule has 0 saturated carbocycles. The van der Waals surface area contributed by atoms with Crippen LogP contribution in [-0.4, -0.2) is 5.78 Å². The van der Waals surface area contributed by atoms with E-state index >= 15 is 0 Å². The molecule has 1 heterocycles. The second-order valence-corrected chi connectivity index (χ2v) is 6.55. The van der Waals surface area contributed by atoms with E-state index in [0.717, 1.165) is 10.0 Å². The van der Waals surface area contributed by atoms with Gasteiger partial charge in [0.15, 0.2) is 5.43 Å². The van der Waals surface area contributed by atoms with Crippen LogP contribution in [0.25, 0.3) is 11.0 Å². The molecule has 0 bridgehead atoms. The van der Waals surface area contributed by atoms with Crippen molar-refractivity contribution in [1.82, 2.24) is 0 Å². The minimum atomic E-state index is -0.687. The Morgan fingerprint density at radius 3 is 2.44 bits per heavy atom. The summed E-state index contributed by atoms with van der Waals surface area (Å²) in [6.45, 7) is 1.44. The molecule has 2 aromatic carbocycles. The van der Waals surface area contributed by atoms with E-state index in [-0.39, 0.29) is 58.3 Å². The third-order valence-electron chi connectivity index (χ3n) is 3.91. The Morgan fingerprint density at radius 2 is 1.80 bits per heavy atom. The van der Waals surface area contributed by atoms with Crippen LogP contribution < -0.4 is 40.1 Å². The Hall–Kier alpha value is -1.40. The number of Topliss-reactive ketones (excluding diaryl/α,β-unsaturated/α-hetero) is 1. The van der Waals surface area contributed by atoms with Crippen molar-refractivity contribution in [1.29, 1.82) is 0 Å². The van der Waals surface area contributed by atoms with Crippen LogP contribution in [0.1, 0.15) is 30.4 Å². The zero-order valence-electron chi connectivity index (χ0n) is 13.9. The van der Waals surface area contributed by atoms with E-state index in [9.17, 15) is 14.7 Å². The maximum atomic E-state index is 12.8. The average molecular weight is 409 g/mol. The van der Waals surface area contributed by atoms with Gasteiger partial charge >= 0.3 is 29.6 Å². The number of halogens is 1. The number of fused-ring (bicyclic) bond motifs is 1. The smallest absolute Gasteiger partial charge is 0.578 e. The molecule has 1 unspecified atom stereocenters. The molecule has 3 aromatic rings. The van der Waals surface area contributed by atoms with E-state index in [2.05, 4.69) is 15.9 Å². The van der Waals surface area contributed by atoms with Crippen molar-refractivity contribution in [2.45, 2.75) is 19.3 Å². The topological polar surface area (TPSA) is 70.3 Å². The van der Waals surface area contributed by atoms with Crippen molar-refractivity contribution < 1.29 is 43.9 Å². The van der Waals surface area contributed by atoms with E-state index in [4.69, 9.17) is 4.42 Å². The van der Waals surface area contributed by atoms with Gasteiger partial charge in [0.25, 0.3) is 0 Å². The Morgan fingerprint density at radius 1 is 1.16 bits per heavy atom. The molecular formula is C19H14BrNaO4. The van der Waals surface area contributed by atoms with Crippen LogP contribution in [0.15, 0.2) is 62.2 Å². The van der Waals surface area contributed by atoms with Gasteiger partial charge in [-0.05, 0) is 36.8 Å². The molecule has 3 rings (SSSR count). The molecule has 4 nitrogen and oxygen atoms in total. The zero-order chi connectivity index (χ0) is 17.3. The molecule has 0 amide bonds. The fraction of sp³-hybridized carbons (Fsp3) is 0.158. The molecule has 0 aliphatic carbocycles. The molecule has 0 aliphatic heterocycles. The molecule has 0 saturated heterocycles. The van der Waals surface area contributed by atoms with Crippen molar-refractivity contribution in [3.63, 3.8) is 0 Å². The molecule has 0 spiro atoms. The minimum Gasteiger partial charge on any atom is -0.578 e. The van der Waals surface area contributed by atoms with E-state index < -0.39 is 11.9 Å². The molecule has 6 heteroatoms. The summed E-state index contributed by atoms with van der Waals surface area (Å²) < 4.78 is 6.18. The molecule has 1 atom stereocenters. The van der Waals surface area contributed by atoms with Crippen molar-refractivity contribution in [3.05, 3.63) is 74.4 Å². The summed E-state index contributed by atoms with van der Waals surface area (Å²) in [5, 5.41) is 12.8. The van der Waals surface area contributed by atoms with E-state index in [0.29, 0.717) is 5.39 Å². The fourth-order valence-electron chi connectivity index (χ4n) is 2.81. The average Bonchev–Trinajstić information content (AvgIpc) is 2.54. The summed E-state index contributed by atoms with van der Waals surface area (Å²) in [6, 6.07) is 13.8. The summed E-state index contributed by atoms with van der Waals surface area (Å²) in [6.07, 6.45) is 0.0694. The standard InChI is InChI=1S/C19H15BrO4.Na/c1-11(21)10-15(12-6-8-13(20)9-7-12)17-18(22)14-4-2-3-5-16(14)24-19(17)23;/h2-9,15,23H,10H2,1H3;/q;+1/p-1. The number of hydrogen-bond donors (Lipinski definition) is 0. The van der Waals surface area contributed by atoms with E-state index in [1.165, 1.54) is 6.92 Å². The molecule has 0 radical (unpaired) electrons. The van der Waals surface area contributed by atoms with Gasteiger partial charge in [-0.3, -0.25) is 9.59 Å². The Labute approximate surface area is 175 Å². The minimum absolute atomic E-state index is 0. The number of carbonyl (C=O) groups is 1. The van der Waals surface area contributed by atoms with Gasteiger partial charge < -0.3 is 9.52 Å². The van der Waals surface area contributed by atoms with Gasteiger partial charge in [-0.1, -0.05) is 40.2 Å². The van der Waals surface area contributed by atoms with Crippen molar-refractivity contribution >= 4 is 32.7 Å². The third kappa shape index (κ3) is 4.23. The Kier molecular flexibility index (Phi) is 6.63. The SMILES string of the molecule is CC(=O)CC(c1ccc(Br)cc1)c1c([O-])oc2ccccc2c1=O.[Na+]. The number of benzene rings is 2. The van der Waals surface area contributed by atoms with Gasteiger partial charge in [0.2, 0.25) is 0 Å². The number of rotatable bonds is 4. The summed E-state index contributed by atoms with van der Waals surface area (Å²) in [5.41, 5.74) is 0.615. The summed E-state index contributed by atoms with van der Waals surface area (Å²) in [7, 11) is 0. The van der Waals surface area contributed by atoms with Crippen LogP contribution in [0.4, 0.5) is 0 Å². The largest absolute Gasteiger partial charge is 1.00 e. The van der Waals surface area contributed by atoms with Crippen molar-refractivity contribution in [3.8, 4) is 5.95 Å². The van der Waals surface area contributed by atoms with E-state index in [1.54, 1.807) is 36.4 Å². The van der Waals surface area contributed by atoms with Gasteiger partial charge in [0.1, 0.15) is 5.78 Å². The third-order valence-corrected chi connectivity index (χ3v) is 4.44. The maximum Gasteiger partial charge on any atom is 1.00 e. The van der Waals surface area contributed by atoms with Crippen LogP contribution in [0.2, 0.25) is 0 Å². The molecule has 0 fully saturated rings. The van der Waals surface area contributed by atoms with Crippen molar-refractivity contribution in [2.24, 2.45) is 0 Å². The van der Waals surface area contributed by atoms with Gasteiger partial charge in [0, 0.05) is 33.3 Å². The maximum absolute atomic E-state index is 12.8. The number of ketones is 1. The van der Waals surface area contributed by atoms with Gasteiger partial charge in [-0.25, -0.2) is 0 Å². The molecule has 122 valence electrons. The van der Waals surface area contributed by atoms with Crippen LogP contribution in [-0.2, 0) is 4.79 Å². The van der Waals surface area contributed by atoms with Crippen molar-refractivity contribution in [2.75, 3.05) is 0 Å². The van der Waals surface area contributed by atoms with Crippen LogP contribution in [0.3, 0.4) is 0 Å². The molecule has 0 N–H and O–H groups in total. The van der Waals surface area contributed by atoms with Gasteiger partial charge in [-0.15, -0.1) is 0 Å². The van der Waals surface area contributed by atoms with Crippen LogP contribution in [0, 0.1) is 0 Å². The monoisotopic (exact) mass is 408 g/mol. The summed E-state index contributed by atoms with van der Waals surface area (Å²) in [5.74, 6) is -1.41. The quantitative estimate of drug-likeness (QED) is 0.597. The predicted octanol–water partition coefficient (Wildman–Crippen LogP) is 0.744. The first-order valence-corrected chi connectivity index (χ1v) is 8.24. The van der Waals surface area contributed by atoms with Gasteiger partial charge in [0.05, 0.1) is 5.95 Å². The van der Waals surface area contributed by atoms with Gasteiger partial charge in [-0.2, -0.15) is 0 Å². The van der Waals surface area contributed by atoms with Crippen LogP contribution in [0.5, 0.6) is 5.95 Å². The van der Waals surface area contributed by atoms with Crippen LogP contribution >= 0.6 is 15.9 Å². The molecular weight excluding hydrogens is 395 g/mol. The number of carbonyl (C=O) groups excluding carboxylic acids is 1. The Bertz CT molecular complexity index is 963. The summed E-state index contributed by atoms with van der Waals surface area (Å²) in [4.78, 5) is 24.5. The molecule has 0 aliphatic rings. The number of hydrogen-bond acceptors (Lipinski definition) is 4. The second kappa shape index (κ2) is 8.32. The normalized spacial score (nSPS) is 11.8. The fourth-order valence-corrected chi connectivity index (χ4v) is 3.07. The number of para-hydroxylation sites is 1. The molecule has 1 aromatic heterocycles. The second-order valence-electron chi connectivity index (χ2n) is 5.64. The predicted molar refractivity (Wildman–Crippen MR) is 93.2 cm³/mol. The first-order chi connectivity index (χ1) is 11.5.